The Morgan fingerprint density at radius 3 is 2.74 bits per heavy atom. The van der Waals surface area contributed by atoms with Gasteiger partial charge in [-0.1, -0.05) is 23.7 Å². The van der Waals surface area contributed by atoms with Crippen molar-refractivity contribution >= 4 is 23.3 Å². The summed E-state index contributed by atoms with van der Waals surface area (Å²) < 4.78 is 5.21. The lowest BCUT2D eigenvalue weighted by Crippen LogP contribution is -2.24. The molecule has 2 N–H and O–H groups in total. The number of amides is 1. The van der Waals surface area contributed by atoms with Crippen LogP contribution in [0.15, 0.2) is 36.5 Å². The van der Waals surface area contributed by atoms with E-state index in [2.05, 4.69) is 22.0 Å². The van der Waals surface area contributed by atoms with Crippen LogP contribution in [0.1, 0.15) is 34.8 Å². The molecule has 1 fully saturated rings. The largest absolute Gasteiger partial charge is 0.497 e. The third kappa shape index (κ3) is 3.10. The van der Waals surface area contributed by atoms with Gasteiger partial charge in [0.15, 0.2) is 0 Å². The molecule has 2 heterocycles. The summed E-state index contributed by atoms with van der Waals surface area (Å²) in [5, 5.41) is 0.446. The monoisotopic (exact) mass is 331 g/mol. The zero-order chi connectivity index (χ0) is 16.4. The van der Waals surface area contributed by atoms with Crippen LogP contribution in [0.25, 0.3) is 0 Å². The van der Waals surface area contributed by atoms with Crippen molar-refractivity contribution in [2.24, 2.45) is 5.73 Å². The maximum atomic E-state index is 11.2. The van der Waals surface area contributed by atoms with Gasteiger partial charge in [-0.2, -0.15) is 0 Å². The fraction of sp³-hybridized carbons (Fsp3) is 0.294. The molecule has 0 saturated carbocycles. The Bertz CT molecular complexity index is 718. The lowest BCUT2D eigenvalue weighted by atomic mass is 10.0. The van der Waals surface area contributed by atoms with Gasteiger partial charge in [-0.25, -0.2) is 4.98 Å². The molecule has 1 unspecified atom stereocenters. The van der Waals surface area contributed by atoms with Crippen LogP contribution >= 0.6 is 11.6 Å². The number of carbonyl (C=O) groups excluding carboxylic acids is 1. The molecule has 1 aromatic heterocycles. The number of methoxy groups -OCH3 is 1. The number of aromatic nitrogens is 1. The molecule has 1 aromatic carbocycles. The highest BCUT2D eigenvalue weighted by Crippen LogP contribution is 2.38. The van der Waals surface area contributed by atoms with Crippen molar-refractivity contribution < 1.29 is 9.53 Å². The average Bonchev–Trinajstić information content (AvgIpc) is 3.04. The van der Waals surface area contributed by atoms with E-state index in [0.717, 1.165) is 25.1 Å². The van der Waals surface area contributed by atoms with Crippen LogP contribution in [0.5, 0.6) is 5.75 Å². The summed E-state index contributed by atoms with van der Waals surface area (Å²) in [6.07, 6.45) is 3.57. The van der Waals surface area contributed by atoms with E-state index in [1.165, 1.54) is 11.8 Å². The van der Waals surface area contributed by atoms with Crippen LogP contribution in [-0.2, 0) is 0 Å². The van der Waals surface area contributed by atoms with Gasteiger partial charge in [0, 0.05) is 12.7 Å². The van der Waals surface area contributed by atoms with E-state index in [1.54, 1.807) is 13.2 Å². The van der Waals surface area contributed by atoms with E-state index < -0.39 is 5.91 Å². The molecule has 6 heteroatoms. The molecule has 23 heavy (non-hydrogen) atoms. The molecule has 5 nitrogen and oxygen atoms in total. The summed E-state index contributed by atoms with van der Waals surface area (Å²) in [6, 6.07) is 9.83. The van der Waals surface area contributed by atoms with Crippen molar-refractivity contribution in [1.29, 1.82) is 0 Å². The van der Waals surface area contributed by atoms with Gasteiger partial charge in [0.2, 0.25) is 5.91 Å². The first kappa shape index (κ1) is 15.6. The highest BCUT2D eigenvalue weighted by molar-refractivity contribution is 6.33. The molecule has 120 valence electrons. The Kier molecular flexibility index (Phi) is 4.39. The molecule has 2 aromatic rings. The zero-order valence-corrected chi connectivity index (χ0v) is 13.6. The number of nitrogens with zero attached hydrogens (tertiary/aromatic N) is 2. The zero-order valence-electron chi connectivity index (χ0n) is 12.8. The minimum Gasteiger partial charge on any atom is -0.497 e. The molecule has 0 bridgehead atoms. The average molecular weight is 332 g/mol. The molecule has 1 atom stereocenters. The van der Waals surface area contributed by atoms with Gasteiger partial charge < -0.3 is 15.4 Å². The number of rotatable bonds is 4. The van der Waals surface area contributed by atoms with Gasteiger partial charge in [0.25, 0.3) is 0 Å². The molecular formula is C17H18ClN3O2. The lowest BCUT2D eigenvalue weighted by Gasteiger charge is -2.27. The van der Waals surface area contributed by atoms with Crippen LogP contribution in [0.2, 0.25) is 5.02 Å². The van der Waals surface area contributed by atoms with E-state index in [1.807, 2.05) is 12.1 Å². The first-order valence-electron chi connectivity index (χ1n) is 7.46. The number of nitrogens with two attached hydrogens (primary N) is 1. The van der Waals surface area contributed by atoms with Gasteiger partial charge >= 0.3 is 0 Å². The number of halogens is 1. The molecular weight excluding hydrogens is 314 g/mol. The molecule has 1 aliphatic rings. The normalized spacial score (nSPS) is 17.3. The van der Waals surface area contributed by atoms with Gasteiger partial charge in [-0.05, 0) is 36.6 Å². The highest BCUT2D eigenvalue weighted by atomic mass is 35.5. The Hall–Kier alpha value is -2.27. The maximum absolute atomic E-state index is 11.2. The summed E-state index contributed by atoms with van der Waals surface area (Å²) in [6.45, 7) is 0.874. The smallest absolute Gasteiger partial charge is 0.250 e. The highest BCUT2D eigenvalue weighted by Gasteiger charge is 2.28. The van der Waals surface area contributed by atoms with Gasteiger partial charge in [0.1, 0.15) is 11.6 Å². The number of ether oxygens (including phenoxy) is 1. The van der Waals surface area contributed by atoms with Crippen molar-refractivity contribution in [3.8, 4) is 5.75 Å². The Labute approximate surface area is 140 Å². The first-order valence-corrected chi connectivity index (χ1v) is 7.84. The summed E-state index contributed by atoms with van der Waals surface area (Å²) in [4.78, 5) is 17.8. The summed E-state index contributed by atoms with van der Waals surface area (Å²) in [5.74, 6) is 0.995. The number of carbonyl (C=O) groups is 1. The maximum Gasteiger partial charge on any atom is 0.250 e. The second kappa shape index (κ2) is 6.46. The summed E-state index contributed by atoms with van der Waals surface area (Å²) >= 11 is 6.32. The Balaban J connectivity index is 1.90. The van der Waals surface area contributed by atoms with Gasteiger partial charge in [-0.15, -0.1) is 0 Å². The van der Waals surface area contributed by atoms with E-state index in [0.29, 0.717) is 16.4 Å². The molecule has 1 amide bonds. The van der Waals surface area contributed by atoms with Gasteiger partial charge in [-0.3, -0.25) is 4.79 Å². The van der Waals surface area contributed by atoms with Crippen LogP contribution in [0.4, 0.5) is 5.82 Å². The number of anilines is 1. The number of hydrogen-bond donors (Lipinski definition) is 1. The van der Waals surface area contributed by atoms with E-state index in [9.17, 15) is 4.79 Å². The molecule has 1 aliphatic heterocycles. The molecule has 0 aliphatic carbocycles. The van der Waals surface area contributed by atoms with Gasteiger partial charge in [0.05, 0.1) is 23.7 Å². The third-order valence-electron chi connectivity index (χ3n) is 4.13. The lowest BCUT2D eigenvalue weighted by molar-refractivity contribution is 0.1000. The third-order valence-corrected chi connectivity index (χ3v) is 4.41. The van der Waals surface area contributed by atoms with Crippen molar-refractivity contribution in [3.63, 3.8) is 0 Å². The number of hydrogen-bond acceptors (Lipinski definition) is 4. The minimum absolute atomic E-state index is 0.213. The fourth-order valence-electron chi connectivity index (χ4n) is 2.97. The van der Waals surface area contributed by atoms with E-state index >= 15 is 0 Å². The predicted molar refractivity (Wildman–Crippen MR) is 90.1 cm³/mol. The van der Waals surface area contributed by atoms with E-state index in [-0.39, 0.29) is 6.04 Å². The standard InChI is InChI=1S/C17H18ClN3O2/c1-23-13-6-4-11(5-7-13)15-3-2-8-21(15)17-14(18)9-12(10-20-17)16(19)22/h4-7,9-10,15H,2-3,8H2,1H3,(H2,19,22). The second-order valence-corrected chi connectivity index (χ2v) is 5.93. The van der Waals surface area contributed by atoms with E-state index in [4.69, 9.17) is 22.1 Å². The van der Waals surface area contributed by atoms with Crippen LogP contribution in [0, 0.1) is 0 Å². The Morgan fingerprint density at radius 2 is 2.13 bits per heavy atom. The quantitative estimate of drug-likeness (QED) is 0.934. The number of benzene rings is 1. The molecule has 1 saturated heterocycles. The summed E-state index contributed by atoms with van der Waals surface area (Å²) in [5.41, 5.74) is 6.78. The topological polar surface area (TPSA) is 68.4 Å². The minimum atomic E-state index is -0.529. The van der Waals surface area contributed by atoms with Crippen LogP contribution in [0.3, 0.4) is 0 Å². The molecule has 0 radical (unpaired) electrons. The molecule has 3 rings (SSSR count). The van der Waals surface area contributed by atoms with Crippen LogP contribution in [-0.4, -0.2) is 24.5 Å². The Morgan fingerprint density at radius 1 is 1.39 bits per heavy atom. The second-order valence-electron chi connectivity index (χ2n) is 5.52. The SMILES string of the molecule is COc1ccc(C2CCCN2c2ncc(C(N)=O)cc2Cl)cc1. The summed E-state index contributed by atoms with van der Waals surface area (Å²) in [7, 11) is 1.65. The molecule has 0 spiro atoms. The van der Waals surface area contributed by atoms with Crippen molar-refractivity contribution in [2.45, 2.75) is 18.9 Å². The number of pyridine rings is 1. The van der Waals surface area contributed by atoms with Crippen molar-refractivity contribution in [1.82, 2.24) is 4.98 Å². The first-order chi connectivity index (χ1) is 11.1. The van der Waals surface area contributed by atoms with Crippen LogP contribution < -0.4 is 15.4 Å². The number of primary amides is 1. The van der Waals surface area contributed by atoms with Crippen molar-refractivity contribution in [2.75, 3.05) is 18.6 Å². The predicted octanol–water partition coefficient (Wildman–Crippen LogP) is 3.18. The fourth-order valence-corrected chi connectivity index (χ4v) is 3.24. The van der Waals surface area contributed by atoms with Crippen molar-refractivity contribution in [3.05, 3.63) is 52.7 Å².